The second-order valence-electron chi connectivity index (χ2n) is 3.39. The Morgan fingerprint density at radius 2 is 2.38 bits per heavy atom. The van der Waals surface area contributed by atoms with Gasteiger partial charge in [0.15, 0.2) is 0 Å². The SMILES string of the molecule is Cc1cc(NC(=O)c2ccoc2)ncc1N. The van der Waals surface area contributed by atoms with Gasteiger partial charge in [0.25, 0.3) is 5.91 Å². The number of hydrogen-bond acceptors (Lipinski definition) is 4. The summed E-state index contributed by atoms with van der Waals surface area (Å²) in [6.07, 6.45) is 4.33. The number of rotatable bonds is 2. The first-order valence-corrected chi connectivity index (χ1v) is 4.72. The van der Waals surface area contributed by atoms with Crippen molar-refractivity contribution in [2.24, 2.45) is 0 Å². The van der Waals surface area contributed by atoms with E-state index in [4.69, 9.17) is 10.2 Å². The Balaban J connectivity index is 2.15. The molecule has 2 aromatic heterocycles. The maximum absolute atomic E-state index is 11.6. The molecule has 0 aromatic carbocycles. The molecule has 82 valence electrons. The van der Waals surface area contributed by atoms with Gasteiger partial charge in [0.1, 0.15) is 12.1 Å². The number of aromatic nitrogens is 1. The van der Waals surface area contributed by atoms with Gasteiger partial charge in [-0.2, -0.15) is 0 Å². The zero-order valence-electron chi connectivity index (χ0n) is 8.73. The van der Waals surface area contributed by atoms with Crippen LogP contribution in [0, 0.1) is 6.92 Å². The lowest BCUT2D eigenvalue weighted by Gasteiger charge is -2.04. The van der Waals surface area contributed by atoms with Gasteiger partial charge in [-0.1, -0.05) is 0 Å². The normalized spacial score (nSPS) is 10.1. The van der Waals surface area contributed by atoms with E-state index in [0.717, 1.165) is 5.56 Å². The molecule has 16 heavy (non-hydrogen) atoms. The highest BCUT2D eigenvalue weighted by Gasteiger charge is 2.08. The van der Waals surface area contributed by atoms with Gasteiger partial charge in [0, 0.05) is 0 Å². The van der Waals surface area contributed by atoms with Crippen LogP contribution in [0.2, 0.25) is 0 Å². The van der Waals surface area contributed by atoms with Crippen molar-refractivity contribution in [1.29, 1.82) is 0 Å². The highest BCUT2D eigenvalue weighted by Crippen LogP contribution is 2.14. The number of nitrogens with one attached hydrogen (secondary N) is 1. The van der Waals surface area contributed by atoms with Gasteiger partial charge in [-0.25, -0.2) is 4.98 Å². The molecule has 0 unspecified atom stereocenters. The van der Waals surface area contributed by atoms with Crippen LogP contribution in [-0.2, 0) is 0 Å². The lowest BCUT2D eigenvalue weighted by atomic mass is 10.2. The van der Waals surface area contributed by atoms with Gasteiger partial charge in [-0.05, 0) is 24.6 Å². The summed E-state index contributed by atoms with van der Waals surface area (Å²) in [5, 5.41) is 2.65. The number of nitrogen functional groups attached to an aromatic ring is 1. The number of carbonyl (C=O) groups excluding carboxylic acids is 1. The summed E-state index contributed by atoms with van der Waals surface area (Å²) in [6.45, 7) is 1.85. The van der Waals surface area contributed by atoms with E-state index in [1.165, 1.54) is 18.7 Å². The Hall–Kier alpha value is -2.30. The molecule has 0 aliphatic heterocycles. The van der Waals surface area contributed by atoms with E-state index in [0.29, 0.717) is 17.1 Å². The standard InChI is InChI=1S/C11H11N3O2/c1-7-4-10(13-5-9(7)12)14-11(15)8-2-3-16-6-8/h2-6H,12H2,1H3,(H,13,14,15). The quantitative estimate of drug-likeness (QED) is 0.803. The van der Waals surface area contributed by atoms with E-state index >= 15 is 0 Å². The van der Waals surface area contributed by atoms with Crippen LogP contribution in [0.5, 0.6) is 0 Å². The Morgan fingerprint density at radius 1 is 1.56 bits per heavy atom. The monoisotopic (exact) mass is 217 g/mol. The minimum atomic E-state index is -0.259. The van der Waals surface area contributed by atoms with Crippen molar-refractivity contribution in [1.82, 2.24) is 4.98 Å². The number of amides is 1. The van der Waals surface area contributed by atoms with Gasteiger partial charge < -0.3 is 15.5 Å². The fraction of sp³-hybridized carbons (Fsp3) is 0.0909. The average molecular weight is 217 g/mol. The summed E-state index contributed by atoms with van der Waals surface area (Å²) in [7, 11) is 0. The predicted molar refractivity (Wildman–Crippen MR) is 60.0 cm³/mol. The maximum Gasteiger partial charge on any atom is 0.260 e. The Labute approximate surface area is 92.3 Å². The third-order valence-electron chi connectivity index (χ3n) is 2.18. The van der Waals surface area contributed by atoms with Crippen molar-refractivity contribution < 1.29 is 9.21 Å². The van der Waals surface area contributed by atoms with Crippen molar-refractivity contribution >= 4 is 17.4 Å². The summed E-state index contributed by atoms with van der Waals surface area (Å²) in [6, 6.07) is 3.30. The van der Waals surface area contributed by atoms with E-state index in [1.807, 2.05) is 6.92 Å². The first kappa shape index (κ1) is 10.2. The number of aryl methyl sites for hydroxylation is 1. The summed E-state index contributed by atoms with van der Waals surface area (Å²) in [5.74, 6) is 0.211. The average Bonchev–Trinajstić information content (AvgIpc) is 2.77. The molecule has 2 rings (SSSR count). The zero-order chi connectivity index (χ0) is 11.5. The van der Waals surface area contributed by atoms with Crippen molar-refractivity contribution in [3.8, 4) is 0 Å². The highest BCUT2D eigenvalue weighted by atomic mass is 16.3. The number of carbonyl (C=O) groups is 1. The lowest BCUT2D eigenvalue weighted by molar-refractivity contribution is 0.102. The van der Waals surface area contributed by atoms with E-state index in [-0.39, 0.29) is 5.91 Å². The van der Waals surface area contributed by atoms with Crippen molar-refractivity contribution in [2.75, 3.05) is 11.1 Å². The lowest BCUT2D eigenvalue weighted by Crippen LogP contribution is -2.12. The summed E-state index contributed by atoms with van der Waals surface area (Å²) in [4.78, 5) is 15.6. The second-order valence-corrected chi connectivity index (χ2v) is 3.39. The molecule has 2 aromatic rings. The molecule has 0 bridgehead atoms. The molecule has 1 amide bonds. The van der Waals surface area contributed by atoms with E-state index < -0.39 is 0 Å². The molecule has 0 fully saturated rings. The van der Waals surface area contributed by atoms with E-state index in [2.05, 4.69) is 10.3 Å². The molecule has 5 heteroatoms. The van der Waals surface area contributed by atoms with Crippen molar-refractivity contribution in [2.45, 2.75) is 6.92 Å². The van der Waals surface area contributed by atoms with E-state index in [9.17, 15) is 4.79 Å². The number of anilines is 2. The number of nitrogens with two attached hydrogens (primary N) is 1. The number of nitrogens with zero attached hydrogens (tertiary/aromatic N) is 1. The molecule has 0 aliphatic carbocycles. The molecule has 0 atom stereocenters. The second kappa shape index (κ2) is 4.06. The van der Waals surface area contributed by atoms with Crippen LogP contribution in [0.15, 0.2) is 35.3 Å². The molecule has 2 heterocycles. The smallest absolute Gasteiger partial charge is 0.260 e. The van der Waals surface area contributed by atoms with Crippen LogP contribution in [0.4, 0.5) is 11.5 Å². The van der Waals surface area contributed by atoms with Crippen LogP contribution in [0.3, 0.4) is 0 Å². The van der Waals surface area contributed by atoms with Gasteiger partial charge in [-0.15, -0.1) is 0 Å². The van der Waals surface area contributed by atoms with Gasteiger partial charge in [0.05, 0.1) is 23.7 Å². The number of hydrogen-bond donors (Lipinski definition) is 2. The Bertz CT molecular complexity index is 506. The molecular weight excluding hydrogens is 206 g/mol. The minimum Gasteiger partial charge on any atom is -0.472 e. The molecule has 0 saturated heterocycles. The third kappa shape index (κ3) is 2.03. The zero-order valence-corrected chi connectivity index (χ0v) is 8.73. The molecule has 0 spiro atoms. The van der Waals surface area contributed by atoms with Crippen LogP contribution in [0.1, 0.15) is 15.9 Å². The Morgan fingerprint density at radius 3 is 3.00 bits per heavy atom. The third-order valence-corrected chi connectivity index (χ3v) is 2.18. The van der Waals surface area contributed by atoms with Crippen LogP contribution in [0.25, 0.3) is 0 Å². The molecule has 0 radical (unpaired) electrons. The number of pyridine rings is 1. The van der Waals surface area contributed by atoms with Crippen LogP contribution >= 0.6 is 0 Å². The molecule has 0 aliphatic rings. The first-order valence-electron chi connectivity index (χ1n) is 4.72. The van der Waals surface area contributed by atoms with Crippen molar-refractivity contribution in [3.63, 3.8) is 0 Å². The largest absolute Gasteiger partial charge is 0.472 e. The van der Waals surface area contributed by atoms with Crippen LogP contribution in [-0.4, -0.2) is 10.9 Å². The molecular formula is C11H11N3O2. The van der Waals surface area contributed by atoms with Gasteiger partial charge in [0.2, 0.25) is 0 Å². The molecule has 5 nitrogen and oxygen atoms in total. The Kier molecular flexibility index (Phi) is 2.59. The van der Waals surface area contributed by atoms with Gasteiger partial charge >= 0.3 is 0 Å². The fourth-order valence-electron chi connectivity index (χ4n) is 1.22. The predicted octanol–water partition coefficient (Wildman–Crippen LogP) is 1.82. The van der Waals surface area contributed by atoms with Gasteiger partial charge in [-0.3, -0.25) is 4.79 Å². The maximum atomic E-state index is 11.6. The highest BCUT2D eigenvalue weighted by molar-refractivity contribution is 6.03. The summed E-state index contributed by atoms with van der Waals surface area (Å²) < 4.78 is 4.81. The van der Waals surface area contributed by atoms with Crippen molar-refractivity contribution in [3.05, 3.63) is 42.0 Å². The molecule has 3 N–H and O–H groups in total. The minimum absolute atomic E-state index is 0.259. The van der Waals surface area contributed by atoms with Crippen LogP contribution < -0.4 is 11.1 Å². The topological polar surface area (TPSA) is 81.2 Å². The fourth-order valence-corrected chi connectivity index (χ4v) is 1.22. The molecule has 0 saturated carbocycles. The van der Waals surface area contributed by atoms with E-state index in [1.54, 1.807) is 12.1 Å². The summed E-state index contributed by atoms with van der Waals surface area (Å²) >= 11 is 0. The number of furan rings is 1. The summed E-state index contributed by atoms with van der Waals surface area (Å²) in [5.41, 5.74) is 7.55. The first-order chi connectivity index (χ1) is 7.66.